The predicted molar refractivity (Wildman–Crippen MR) is 71.8 cm³/mol. The number of rotatable bonds is 3. The fourth-order valence-corrected chi connectivity index (χ4v) is 3.15. The first kappa shape index (κ1) is 12.7. The molecular formula is C13H12BrFOS. The molecule has 1 N–H and O–H groups in total. The molecule has 0 bridgehead atoms. The summed E-state index contributed by atoms with van der Waals surface area (Å²) in [5.74, 6) is -0.340. The van der Waals surface area contributed by atoms with E-state index in [0.717, 1.165) is 14.9 Å². The number of hydrogen-bond donors (Lipinski definition) is 1. The number of thiophene rings is 1. The first-order chi connectivity index (χ1) is 8.06. The Morgan fingerprint density at radius 2 is 2.18 bits per heavy atom. The lowest BCUT2D eigenvalue weighted by atomic mass is 10.0. The smallest absolute Gasteiger partial charge is 0.129 e. The van der Waals surface area contributed by atoms with Gasteiger partial charge in [-0.2, -0.15) is 0 Å². The fraction of sp³-hybridized carbons (Fsp3) is 0.231. The summed E-state index contributed by atoms with van der Waals surface area (Å²) in [5.41, 5.74) is 1.22. The van der Waals surface area contributed by atoms with E-state index in [1.54, 1.807) is 17.4 Å². The van der Waals surface area contributed by atoms with Crippen molar-refractivity contribution >= 4 is 27.3 Å². The largest absolute Gasteiger partial charge is 0.388 e. The fourth-order valence-electron chi connectivity index (χ4n) is 1.66. The second-order valence-corrected chi connectivity index (χ2v) is 5.89. The van der Waals surface area contributed by atoms with E-state index in [-0.39, 0.29) is 5.82 Å². The van der Waals surface area contributed by atoms with Crippen LogP contribution in [-0.2, 0) is 6.42 Å². The van der Waals surface area contributed by atoms with Crippen LogP contribution < -0.4 is 0 Å². The molecule has 0 amide bonds. The maximum Gasteiger partial charge on any atom is 0.129 e. The second kappa shape index (κ2) is 5.29. The van der Waals surface area contributed by atoms with E-state index in [0.29, 0.717) is 12.0 Å². The molecular weight excluding hydrogens is 303 g/mol. The molecule has 2 aromatic rings. The molecule has 1 aromatic carbocycles. The predicted octanol–water partition coefficient (Wildman–Crippen LogP) is 4.23. The Morgan fingerprint density at radius 1 is 1.41 bits per heavy atom. The summed E-state index contributed by atoms with van der Waals surface area (Å²) >= 11 is 4.91. The number of benzene rings is 1. The highest BCUT2D eigenvalue weighted by atomic mass is 79.9. The summed E-state index contributed by atoms with van der Waals surface area (Å²) in [6, 6.07) is 6.85. The van der Waals surface area contributed by atoms with Crippen LogP contribution >= 0.6 is 27.3 Å². The van der Waals surface area contributed by atoms with Gasteiger partial charge in [-0.25, -0.2) is 4.39 Å². The molecule has 1 aromatic heterocycles. The Labute approximate surface area is 112 Å². The van der Waals surface area contributed by atoms with Gasteiger partial charge >= 0.3 is 0 Å². The second-order valence-electron chi connectivity index (χ2n) is 3.98. The van der Waals surface area contributed by atoms with E-state index in [4.69, 9.17) is 0 Å². The Kier molecular flexibility index (Phi) is 3.97. The maximum atomic E-state index is 13.6. The molecule has 17 heavy (non-hydrogen) atoms. The average molecular weight is 315 g/mol. The van der Waals surface area contributed by atoms with Gasteiger partial charge in [0.1, 0.15) is 5.82 Å². The molecule has 0 aliphatic rings. The van der Waals surface area contributed by atoms with Crippen molar-refractivity contribution in [1.29, 1.82) is 0 Å². The molecule has 1 unspecified atom stereocenters. The van der Waals surface area contributed by atoms with Crippen LogP contribution in [0.2, 0.25) is 0 Å². The number of hydrogen-bond acceptors (Lipinski definition) is 2. The topological polar surface area (TPSA) is 20.2 Å². The zero-order chi connectivity index (χ0) is 12.4. The Morgan fingerprint density at radius 3 is 2.76 bits per heavy atom. The molecule has 0 aliphatic carbocycles. The third-order valence-corrected chi connectivity index (χ3v) is 4.25. The molecule has 1 heterocycles. The zero-order valence-electron chi connectivity index (χ0n) is 9.28. The average Bonchev–Trinajstić information content (AvgIpc) is 2.63. The van der Waals surface area contributed by atoms with Gasteiger partial charge in [-0.05, 0) is 40.5 Å². The monoisotopic (exact) mass is 314 g/mol. The first-order valence-electron chi connectivity index (χ1n) is 5.23. The van der Waals surface area contributed by atoms with Crippen molar-refractivity contribution in [2.24, 2.45) is 0 Å². The highest BCUT2D eigenvalue weighted by molar-refractivity contribution is 9.10. The van der Waals surface area contributed by atoms with E-state index < -0.39 is 6.10 Å². The van der Waals surface area contributed by atoms with Gasteiger partial charge in [0.05, 0.1) is 6.10 Å². The molecule has 2 rings (SSSR count). The standard InChI is InChI=1S/C13H12BrFOS/c1-8-2-3-11(12(15)4-8)13(16)6-10-5-9(14)7-17-10/h2-5,7,13,16H,6H2,1H3. The van der Waals surface area contributed by atoms with Crippen LogP contribution in [0.25, 0.3) is 0 Å². The molecule has 0 saturated heterocycles. The van der Waals surface area contributed by atoms with Crippen molar-refractivity contribution in [3.05, 3.63) is 55.9 Å². The summed E-state index contributed by atoms with van der Waals surface area (Å²) in [6.45, 7) is 1.83. The molecule has 90 valence electrons. The zero-order valence-corrected chi connectivity index (χ0v) is 11.7. The highest BCUT2D eigenvalue weighted by Crippen LogP contribution is 2.27. The minimum absolute atomic E-state index is 0.340. The summed E-state index contributed by atoms with van der Waals surface area (Å²) in [6.07, 6.45) is -0.350. The van der Waals surface area contributed by atoms with Crippen molar-refractivity contribution in [2.45, 2.75) is 19.4 Å². The molecule has 0 saturated carbocycles. The van der Waals surface area contributed by atoms with Crippen LogP contribution in [0.15, 0.2) is 34.1 Å². The molecule has 1 atom stereocenters. The van der Waals surface area contributed by atoms with Crippen molar-refractivity contribution < 1.29 is 9.50 Å². The maximum absolute atomic E-state index is 13.6. The minimum Gasteiger partial charge on any atom is -0.388 e. The Hall–Kier alpha value is -0.710. The van der Waals surface area contributed by atoms with E-state index in [2.05, 4.69) is 15.9 Å². The Balaban J connectivity index is 2.17. The van der Waals surface area contributed by atoms with Crippen LogP contribution in [-0.4, -0.2) is 5.11 Å². The number of aryl methyl sites for hydroxylation is 1. The summed E-state index contributed by atoms with van der Waals surface area (Å²) in [5, 5.41) is 12.0. The molecule has 1 nitrogen and oxygen atoms in total. The Bertz CT molecular complexity index is 524. The van der Waals surface area contributed by atoms with Crippen LogP contribution in [0.4, 0.5) is 4.39 Å². The molecule has 0 fully saturated rings. The van der Waals surface area contributed by atoms with E-state index in [1.807, 2.05) is 24.4 Å². The van der Waals surface area contributed by atoms with Gasteiger partial charge in [0.2, 0.25) is 0 Å². The molecule has 4 heteroatoms. The van der Waals surface area contributed by atoms with Gasteiger partial charge in [-0.1, -0.05) is 12.1 Å². The van der Waals surface area contributed by atoms with Gasteiger partial charge in [0.25, 0.3) is 0 Å². The lowest BCUT2D eigenvalue weighted by molar-refractivity contribution is 0.174. The minimum atomic E-state index is -0.791. The summed E-state index contributed by atoms with van der Waals surface area (Å²) in [7, 11) is 0. The van der Waals surface area contributed by atoms with Gasteiger partial charge in [0, 0.05) is 26.7 Å². The van der Waals surface area contributed by atoms with E-state index >= 15 is 0 Å². The lowest BCUT2D eigenvalue weighted by Gasteiger charge is -2.11. The van der Waals surface area contributed by atoms with Crippen LogP contribution in [0.1, 0.15) is 22.1 Å². The van der Waals surface area contributed by atoms with E-state index in [1.165, 1.54) is 6.07 Å². The molecule has 0 radical (unpaired) electrons. The molecule has 0 aliphatic heterocycles. The number of aliphatic hydroxyl groups is 1. The highest BCUT2D eigenvalue weighted by Gasteiger charge is 2.14. The first-order valence-corrected chi connectivity index (χ1v) is 6.90. The van der Waals surface area contributed by atoms with Gasteiger partial charge < -0.3 is 5.11 Å². The van der Waals surface area contributed by atoms with E-state index in [9.17, 15) is 9.50 Å². The normalized spacial score (nSPS) is 12.7. The third-order valence-electron chi connectivity index (χ3n) is 2.53. The SMILES string of the molecule is Cc1ccc(C(O)Cc2cc(Br)cs2)c(F)c1. The summed E-state index contributed by atoms with van der Waals surface area (Å²) < 4.78 is 14.6. The van der Waals surface area contributed by atoms with Crippen LogP contribution in [0.3, 0.4) is 0 Å². The number of halogens is 2. The summed E-state index contributed by atoms with van der Waals surface area (Å²) in [4.78, 5) is 1.03. The van der Waals surface area contributed by atoms with Crippen molar-refractivity contribution in [2.75, 3.05) is 0 Å². The third kappa shape index (κ3) is 3.15. The lowest BCUT2D eigenvalue weighted by Crippen LogP contribution is -2.03. The van der Waals surface area contributed by atoms with Crippen molar-refractivity contribution in [3.63, 3.8) is 0 Å². The van der Waals surface area contributed by atoms with Gasteiger partial charge in [0.15, 0.2) is 0 Å². The van der Waals surface area contributed by atoms with Gasteiger partial charge in [-0.15, -0.1) is 11.3 Å². The van der Waals surface area contributed by atoms with Crippen molar-refractivity contribution in [3.8, 4) is 0 Å². The van der Waals surface area contributed by atoms with Gasteiger partial charge in [-0.3, -0.25) is 0 Å². The molecule has 0 spiro atoms. The van der Waals surface area contributed by atoms with Crippen LogP contribution in [0.5, 0.6) is 0 Å². The quantitative estimate of drug-likeness (QED) is 0.898. The number of aliphatic hydroxyl groups excluding tert-OH is 1. The van der Waals surface area contributed by atoms with Crippen molar-refractivity contribution in [1.82, 2.24) is 0 Å². The van der Waals surface area contributed by atoms with Crippen LogP contribution in [0, 0.1) is 12.7 Å².